The van der Waals surface area contributed by atoms with Gasteiger partial charge in [0, 0.05) is 0 Å². The van der Waals surface area contributed by atoms with Crippen LogP contribution in [0.15, 0.2) is 182 Å². The van der Waals surface area contributed by atoms with Gasteiger partial charge in [-0.25, -0.2) is 0 Å². The van der Waals surface area contributed by atoms with Crippen LogP contribution in [0.1, 0.15) is 83.7 Å². The monoisotopic (exact) mass is 838 g/mol. The normalized spacial score (nSPS) is 11.3. The maximum absolute atomic E-state index is 14.9. The van der Waals surface area contributed by atoms with Gasteiger partial charge in [0.15, 0.2) is 0 Å². The minimum atomic E-state index is -5.67. The number of carbonyl (C=O) groups is 3. The van der Waals surface area contributed by atoms with Crippen LogP contribution in [0.2, 0.25) is 4.44 Å². The molecule has 6 nitrogen and oxygen atoms in total. The summed E-state index contributed by atoms with van der Waals surface area (Å²) in [6.45, 7) is 2.11. The molecule has 0 atom stereocenters. The molecule has 6 aromatic carbocycles. The molecule has 0 heterocycles. The SMILES string of the molecule is CCCCC[CH2][Sn]([O]C(=O)C(c1ccccc1)c1ccccc1)([O]C(=O)C(c1ccccc1)c1ccccc1)[O]C(=O)C(c1ccccc1)c1ccccc1. The van der Waals surface area contributed by atoms with Crippen LogP contribution in [-0.4, -0.2) is 37.5 Å². The van der Waals surface area contributed by atoms with Crippen molar-refractivity contribution in [2.24, 2.45) is 0 Å². The molecule has 0 amide bonds. The van der Waals surface area contributed by atoms with Crippen LogP contribution in [0, 0.1) is 0 Å². The van der Waals surface area contributed by atoms with E-state index < -0.39 is 55.3 Å². The number of hydrogen-bond donors (Lipinski definition) is 0. The summed E-state index contributed by atoms with van der Waals surface area (Å²) in [6.07, 6.45) is 3.20. The van der Waals surface area contributed by atoms with E-state index in [0.717, 1.165) is 19.3 Å². The molecule has 0 unspecified atom stereocenters. The van der Waals surface area contributed by atoms with Crippen molar-refractivity contribution in [3.63, 3.8) is 0 Å². The molecule has 0 aliphatic rings. The molecule has 0 fully saturated rings. The molecule has 6 rings (SSSR count). The first kappa shape index (κ1) is 39.2. The molecular formula is C48H46O6Sn. The van der Waals surface area contributed by atoms with Gasteiger partial charge in [-0.3, -0.25) is 0 Å². The van der Waals surface area contributed by atoms with Crippen LogP contribution in [-0.2, 0) is 23.6 Å². The van der Waals surface area contributed by atoms with Crippen molar-refractivity contribution in [2.75, 3.05) is 0 Å². The van der Waals surface area contributed by atoms with E-state index in [1.54, 1.807) is 0 Å². The topological polar surface area (TPSA) is 78.9 Å². The Bertz CT molecular complexity index is 1730. The van der Waals surface area contributed by atoms with E-state index in [-0.39, 0.29) is 4.44 Å². The summed E-state index contributed by atoms with van der Waals surface area (Å²) < 4.78 is 20.1. The quantitative estimate of drug-likeness (QED) is 0.0673. The van der Waals surface area contributed by atoms with E-state index >= 15 is 0 Å². The van der Waals surface area contributed by atoms with Crippen LogP contribution in [0.5, 0.6) is 0 Å². The van der Waals surface area contributed by atoms with E-state index in [0.29, 0.717) is 39.8 Å². The zero-order valence-corrected chi connectivity index (χ0v) is 33.9. The summed E-state index contributed by atoms with van der Waals surface area (Å²) in [5, 5.41) is 0. The van der Waals surface area contributed by atoms with Gasteiger partial charge in [0.2, 0.25) is 0 Å². The number of benzene rings is 6. The number of rotatable bonds is 17. The van der Waals surface area contributed by atoms with Gasteiger partial charge < -0.3 is 0 Å². The Hall–Kier alpha value is -5.47. The van der Waals surface area contributed by atoms with Crippen molar-refractivity contribution < 1.29 is 23.6 Å². The first-order valence-corrected chi connectivity index (χ1v) is 24.5. The molecule has 0 aliphatic carbocycles. The predicted molar refractivity (Wildman–Crippen MR) is 217 cm³/mol. The second kappa shape index (κ2) is 19.7. The third-order valence-electron chi connectivity index (χ3n) is 9.61. The van der Waals surface area contributed by atoms with Gasteiger partial charge in [-0.15, -0.1) is 0 Å². The van der Waals surface area contributed by atoms with Gasteiger partial charge in [0.1, 0.15) is 0 Å². The zero-order valence-electron chi connectivity index (χ0n) is 31.0. The molecule has 0 bridgehead atoms. The predicted octanol–water partition coefficient (Wildman–Crippen LogP) is 10.6. The van der Waals surface area contributed by atoms with Crippen LogP contribution in [0.4, 0.5) is 0 Å². The van der Waals surface area contributed by atoms with Crippen LogP contribution in [0.3, 0.4) is 0 Å². The molecule has 278 valence electrons. The summed E-state index contributed by atoms with van der Waals surface area (Å²) >= 11 is -5.67. The fraction of sp³-hybridized carbons (Fsp3) is 0.188. The summed E-state index contributed by atoms with van der Waals surface area (Å²) in [5.74, 6) is -4.46. The first-order valence-electron chi connectivity index (χ1n) is 19.0. The Labute approximate surface area is 329 Å². The summed E-state index contributed by atoms with van der Waals surface area (Å²) in [7, 11) is 0. The number of carbonyl (C=O) groups excluding carboxylic acids is 3. The molecule has 0 aromatic heterocycles. The van der Waals surface area contributed by atoms with Crippen LogP contribution >= 0.6 is 0 Å². The number of hydrogen-bond acceptors (Lipinski definition) is 6. The van der Waals surface area contributed by atoms with Crippen LogP contribution < -0.4 is 0 Å². The van der Waals surface area contributed by atoms with Gasteiger partial charge >= 0.3 is 331 Å². The molecule has 55 heavy (non-hydrogen) atoms. The summed E-state index contributed by atoms with van der Waals surface area (Å²) in [4.78, 5) is 44.6. The van der Waals surface area contributed by atoms with Crippen molar-refractivity contribution in [2.45, 2.75) is 54.8 Å². The molecule has 7 heteroatoms. The van der Waals surface area contributed by atoms with Gasteiger partial charge in [0.25, 0.3) is 0 Å². The van der Waals surface area contributed by atoms with E-state index in [2.05, 4.69) is 6.92 Å². The van der Waals surface area contributed by atoms with E-state index in [9.17, 15) is 14.4 Å². The van der Waals surface area contributed by atoms with Gasteiger partial charge in [0.05, 0.1) is 0 Å². The van der Waals surface area contributed by atoms with Gasteiger partial charge in [-0.05, 0) is 0 Å². The molecular weight excluding hydrogens is 791 g/mol. The van der Waals surface area contributed by atoms with E-state index in [1.165, 1.54) is 0 Å². The maximum atomic E-state index is 14.9. The van der Waals surface area contributed by atoms with E-state index in [4.69, 9.17) is 9.22 Å². The van der Waals surface area contributed by atoms with Crippen molar-refractivity contribution >= 4 is 37.5 Å². The zero-order chi connectivity index (χ0) is 38.3. The van der Waals surface area contributed by atoms with Crippen molar-refractivity contribution in [3.05, 3.63) is 215 Å². The average Bonchev–Trinajstić information content (AvgIpc) is 3.22. The third-order valence-corrected chi connectivity index (χ3v) is 16.8. The van der Waals surface area contributed by atoms with Crippen LogP contribution in [0.25, 0.3) is 0 Å². The Kier molecular flexibility index (Phi) is 14.1. The Morgan fingerprint density at radius 2 is 0.618 bits per heavy atom. The Morgan fingerprint density at radius 1 is 0.382 bits per heavy atom. The Morgan fingerprint density at radius 3 is 0.836 bits per heavy atom. The fourth-order valence-electron chi connectivity index (χ4n) is 6.89. The average molecular weight is 838 g/mol. The van der Waals surface area contributed by atoms with Crippen molar-refractivity contribution in [1.82, 2.24) is 0 Å². The minimum absolute atomic E-state index is 0.140. The summed E-state index contributed by atoms with van der Waals surface area (Å²) in [5.41, 5.74) is 4.25. The molecule has 0 spiro atoms. The van der Waals surface area contributed by atoms with Crippen molar-refractivity contribution in [1.29, 1.82) is 0 Å². The van der Waals surface area contributed by atoms with Gasteiger partial charge in [-0.1, -0.05) is 0 Å². The van der Waals surface area contributed by atoms with Crippen molar-refractivity contribution in [3.8, 4) is 0 Å². The number of unbranched alkanes of at least 4 members (excludes halogenated alkanes) is 3. The summed E-state index contributed by atoms with van der Waals surface area (Å²) in [6, 6.07) is 56.2. The second-order valence-electron chi connectivity index (χ2n) is 13.5. The molecule has 0 N–H and O–H groups in total. The molecule has 0 saturated carbocycles. The Balaban J connectivity index is 1.48. The first-order chi connectivity index (χ1) is 27.0. The fourth-order valence-corrected chi connectivity index (χ4v) is 13.7. The standard InChI is InChI=1S/3C14H12O2.C6H13.Sn/c3*15-14(16)13(11-7-3-1-4-8-11)12-9-5-2-6-10-12;1-3-5-6-4-2;/h3*1-10,13H,(H,15,16);1,3-6H2,2H3;/q;;;;+3/p-3. The third kappa shape index (κ3) is 10.4. The molecule has 0 radical (unpaired) electrons. The molecule has 0 aliphatic heterocycles. The second-order valence-corrected chi connectivity index (χ2v) is 20.6. The van der Waals surface area contributed by atoms with E-state index in [1.807, 2.05) is 182 Å². The molecule has 0 saturated heterocycles. The molecule has 6 aromatic rings. The van der Waals surface area contributed by atoms with Gasteiger partial charge in [-0.2, -0.15) is 0 Å².